The van der Waals surface area contributed by atoms with E-state index in [0.29, 0.717) is 39.3 Å². The number of carbonyl (C=O) groups is 1. The van der Waals surface area contributed by atoms with Gasteiger partial charge in [0.1, 0.15) is 0 Å². The molecular formula is C13H24N2O5S. The summed E-state index contributed by atoms with van der Waals surface area (Å²) in [5.41, 5.74) is -0.864. The summed E-state index contributed by atoms with van der Waals surface area (Å²) in [6.07, 6.45) is 1.38. The lowest BCUT2D eigenvalue weighted by molar-refractivity contribution is -0.137. The normalized spacial score (nSPS) is 28.6. The van der Waals surface area contributed by atoms with Crippen molar-refractivity contribution in [1.82, 2.24) is 9.21 Å². The number of hydrogen-bond acceptors (Lipinski definition) is 5. The van der Waals surface area contributed by atoms with Gasteiger partial charge in [0.15, 0.2) is 0 Å². The van der Waals surface area contributed by atoms with Crippen LogP contribution in [0.3, 0.4) is 0 Å². The molecule has 0 spiro atoms. The van der Waals surface area contributed by atoms with Crippen LogP contribution >= 0.6 is 0 Å². The lowest BCUT2D eigenvalue weighted by Gasteiger charge is -2.37. The molecule has 0 aliphatic carbocycles. The van der Waals surface area contributed by atoms with Crippen LogP contribution in [-0.2, 0) is 19.6 Å². The first-order chi connectivity index (χ1) is 9.80. The van der Waals surface area contributed by atoms with Gasteiger partial charge in [0.2, 0.25) is 15.9 Å². The van der Waals surface area contributed by atoms with Crippen molar-refractivity contribution in [3.05, 3.63) is 0 Å². The first-order valence-electron chi connectivity index (χ1n) is 7.36. The van der Waals surface area contributed by atoms with E-state index < -0.39 is 15.6 Å². The third kappa shape index (κ3) is 4.64. The second-order valence-electron chi connectivity index (χ2n) is 5.99. The summed E-state index contributed by atoms with van der Waals surface area (Å²) < 4.78 is 30.8. The second kappa shape index (κ2) is 6.60. The van der Waals surface area contributed by atoms with E-state index in [-0.39, 0.29) is 24.6 Å². The van der Waals surface area contributed by atoms with Crippen LogP contribution in [0.15, 0.2) is 0 Å². The minimum Gasteiger partial charge on any atom is -0.388 e. The lowest BCUT2D eigenvalue weighted by atomic mass is 9.95. The van der Waals surface area contributed by atoms with Gasteiger partial charge >= 0.3 is 0 Å². The van der Waals surface area contributed by atoms with Gasteiger partial charge in [0.05, 0.1) is 24.6 Å². The molecule has 1 amide bonds. The summed E-state index contributed by atoms with van der Waals surface area (Å²) in [6.45, 7) is 4.10. The van der Waals surface area contributed by atoms with Crippen LogP contribution in [0.2, 0.25) is 0 Å². The molecule has 2 aliphatic heterocycles. The van der Waals surface area contributed by atoms with Crippen molar-refractivity contribution in [3.8, 4) is 0 Å². The number of piperidine rings is 1. The third-order valence-corrected chi connectivity index (χ3v) is 5.84. The average molecular weight is 320 g/mol. The van der Waals surface area contributed by atoms with E-state index in [1.165, 1.54) is 4.31 Å². The molecule has 2 rings (SSSR count). The smallest absolute Gasteiger partial charge is 0.223 e. The van der Waals surface area contributed by atoms with E-state index in [2.05, 4.69) is 0 Å². The van der Waals surface area contributed by atoms with Gasteiger partial charge in [-0.3, -0.25) is 4.79 Å². The fourth-order valence-electron chi connectivity index (χ4n) is 2.76. The number of likely N-dealkylation sites (tertiary alicyclic amines) is 1. The molecule has 0 bridgehead atoms. The Morgan fingerprint density at radius 2 is 1.95 bits per heavy atom. The number of ether oxygens (including phenoxy) is 1. The summed E-state index contributed by atoms with van der Waals surface area (Å²) in [5.74, 6) is -0.378. The molecule has 122 valence electrons. The molecule has 2 heterocycles. The number of amides is 1. The van der Waals surface area contributed by atoms with Gasteiger partial charge in [-0.2, -0.15) is 4.31 Å². The van der Waals surface area contributed by atoms with Crippen LogP contribution in [0.4, 0.5) is 0 Å². The zero-order valence-electron chi connectivity index (χ0n) is 12.5. The molecule has 8 heteroatoms. The van der Waals surface area contributed by atoms with Crippen molar-refractivity contribution in [2.45, 2.75) is 31.8 Å². The van der Waals surface area contributed by atoms with E-state index in [1.807, 2.05) is 0 Å². The van der Waals surface area contributed by atoms with Crippen molar-refractivity contribution >= 4 is 15.9 Å². The van der Waals surface area contributed by atoms with Gasteiger partial charge in [-0.25, -0.2) is 8.42 Å². The van der Waals surface area contributed by atoms with Gasteiger partial charge in [-0.05, 0) is 19.8 Å². The summed E-state index contributed by atoms with van der Waals surface area (Å²) in [7, 11) is -3.40. The molecule has 0 aromatic rings. The molecule has 0 radical (unpaired) electrons. The maximum atomic E-state index is 12.2. The molecule has 1 unspecified atom stereocenters. The highest BCUT2D eigenvalue weighted by Gasteiger charge is 2.32. The van der Waals surface area contributed by atoms with E-state index in [9.17, 15) is 18.3 Å². The Morgan fingerprint density at radius 3 is 2.57 bits per heavy atom. The number of hydrogen-bond donors (Lipinski definition) is 1. The summed E-state index contributed by atoms with van der Waals surface area (Å²) in [4.78, 5) is 13.7. The summed E-state index contributed by atoms with van der Waals surface area (Å²) in [6, 6.07) is 0. The maximum absolute atomic E-state index is 12.2. The molecule has 0 aromatic heterocycles. The first kappa shape index (κ1) is 16.7. The SMILES string of the molecule is CC1(O)CCCN(C(=O)CCS(=O)(=O)N2CCOCC2)C1. The van der Waals surface area contributed by atoms with E-state index >= 15 is 0 Å². The van der Waals surface area contributed by atoms with Gasteiger partial charge in [0, 0.05) is 32.6 Å². The Bertz CT molecular complexity index is 471. The molecule has 1 N–H and O–H groups in total. The first-order valence-corrected chi connectivity index (χ1v) is 8.97. The summed E-state index contributed by atoms with van der Waals surface area (Å²) >= 11 is 0. The van der Waals surface area contributed by atoms with Crippen molar-refractivity contribution in [1.29, 1.82) is 0 Å². The number of β-amino-alcohol motifs (C(OH)–C–C–N with tert-alkyl or cyclic N) is 1. The second-order valence-corrected chi connectivity index (χ2v) is 8.08. The monoisotopic (exact) mass is 320 g/mol. The molecule has 21 heavy (non-hydrogen) atoms. The highest BCUT2D eigenvalue weighted by atomic mass is 32.2. The van der Waals surface area contributed by atoms with Crippen molar-refractivity contribution in [2.24, 2.45) is 0 Å². The fraction of sp³-hybridized carbons (Fsp3) is 0.923. The number of carbonyl (C=O) groups excluding carboxylic acids is 1. The molecule has 7 nitrogen and oxygen atoms in total. The highest BCUT2D eigenvalue weighted by Crippen LogP contribution is 2.21. The number of morpholine rings is 1. The number of nitrogens with zero attached hydrogens (tertiary/aromatic N) is 2. The fourth-order valence-corrected chi connectivity index (χ4v) is 4.16. The van der Waals surface area contributed by atoms with Crippen molar-refractivity contribution in [3.63, 3.8) is 0 Å². The Balaban J connectivity index is 1.85. The lowest BCUT2D eigenvalue weighted by Crippen LogP contribution is -2.49. The largest absolute Gasteiger partial charge is 0.388 e. The minimum absolute atomic E-state index is 0.0320. The topological polar surface area (TPSA) is 87.2 Å². The van der Waals surface area contributed by atoms with Crippen LogP contribution in [-0.4, -0.2) is 79.4 Å². The van der Waals surface area contributed by atoms with Gasteiger partial charge in [-0.1, -0.05) is 0 Å². The van der Waals surface area contributed by atoms with Crippen LogP contribution in [0, 0.1) is 0 Å². The number of aliphatic hydroxyl groups is 1. The molecule has 2 saturated heterocycles. The highest BCUT2D eigenvalue weighted by molar-refractivity contribution is 7.89. The number of sulfonamides is 1. The van der Waals surface area contributed by atoms with Crippen molar-refractivity contribution < 1.29 is 23.1 Å². The van der Waals surface area contributed by atoms with E-state index in [0.717, 1.165) is 6.42 Å². The predicted octanol–water partition coefficient (Wildman–Crippen LogP) is -0.588. The standard InChI is InChI=1S/C13H24N2O5S/c1-13(17)4-2-5-14(11-13)12(16)3-10-21(18,19)15-6-8-20-9-7-15/h17H,2-11H2,1H3. The van der Waals surface area contributed by atoms with Gasteiger partial charge < -0.3 is 14.7 Å². The van der Waals surface area contributed by atoms with Crippen LogP contribution < -0.4 is 0 Å². The predicted molar refractivity (Wildman–Crippen MR) is 77.2 cm³/mol. The Labute approximate surface area is 125 Å². The quantitative estimate of drug-likeness (QED) is 0.748. The van der Waals surface area contributed by atoms with E-state index in [1.54, 1.807) is 11.8 Å². The molecule has 1 atom stereocenters. The molecular weight excluding hydrogens is 296 g/mol. The van der Waals surface area contributed by atoms with E-state index in [4.69, 9.17) is 4.74 Å². The Hall–Kier alpha value is -0.700. The zero-order chi connectivity index (χ0) is 15.5. The number of rotatable bonds is 4. The van der Waals surface area contributed by atoms with Gasteiger partial charge in [-0.15, -0.1) is 0 Å². The molecule has 2 aliphatic rings. The maximum Gasteiger partial charge on any atom is 0.223 e. The van der Waals surface area contributed by atoms with Crippen LogP contribution in [0.5, 0.6) is 0 Å². The third-order valence-electron chi connectivity index (χ3n) is 3.96. The average Bonchev–Trinajstić information content (AvgIpc) is 2.45. The zero-order valence-corrected chi connectivity index (χ0v) is 13.3. The van der Waals surface area contributed by atoms with Gasteiger partial charge in [0.25, 0.3) is 0 Å². The Morgan fingerprint density at radius 1 is 1.29 bits per heavy atom. The van der Waals surface area contributed by atoms with Crippen LogP contribution in [0.1, 0.15) is 26.2 Å². The summed E-state index contributed by atoms with van der Waals surface area (Å²) in [5, 5.41) is 9.99. The van der Waals surface area contributed by atoms with Crippen molar-refractivity contribution in [2.75, 3.05) is 45.1 Å². The molecule has 0 saturated carbocycles. The molecule has 2 fully saturated rings. The van der Waals surface area contributed by atoms with Crippen LogP contribution in [0.25, 0.3) is 0 Å². The molecule has 0 aromatic carbocycles. The minimum atomic E-state index is -3.40. The Kier molecular flexibility index (Phi) is 5.24.